The van der Waals surface area contributed by atoms with Gasteiger partial charge in [-0.25, -0.2) is 9.36 Å². The Kier molecular flexibility index (Phi) is 5.87. The zero-order valence-electron chi connectivity index (χ0n) is 14.6. The molecule has 0 aliphatic rings. The fraction of sp³-hybridized carbons (Fsp3) is 0.222. The number of nitrogens with one attached hydrogen (secondary N) is 1. The van der Waals surface area contributed by atoms with Gasteiger partial charge in [0.05, 0.1) is 6.54 Å². The second-order valence-electron chi connectivity index (χ2n) is 5.71. The molecule has 0 fully saturated rings. The lowest BCUT2D eigenvalue weighted by Gasteiger charge is -2.15. The Hall–Kier alpha value is -3.13. The number of ether oxygens (including phenoxy) is 1. The van der Waals surface area contributed by atoms with Crippen LogP contribution in [0.3, 0.4) is 0 Å². The number of hydrogen-bond donors (Lipinski definition) is 1. The fourth-order valence-electron chi connectivity index (χ4n) is 2.35. The summed E-state index contributed by atoms with van der Waals surface area (Å²) in [4.78, 5) is 24.1. The van der Waals surface area contributed by atoms with Gasteiger partial charge in [-0.3, -0.25) is 9.59 Å². The highest BCUT2D eigenvalue weighted by Gasteiger charge is 2.14. The molecular formula is C18H18ClN5O3. The molecule has 3 rings (SSSR count). The van der Waals surface area contributed by atoms with E-state index in [2.05, 4.69) is 15.5 Å². The SMILES string of the molecule is CC(Oc1cccc(Cl)c1)C(=O)NCCn1nc(-n2cccn2)ccc1=O. The molecule has 1 atom stereocenters. The Morgan fingerprint density at radius 3 is 2.89 bits per heavy atom. The number of hydrogen-bond acceptors (Lipinski definition) is 5. The van der Waals surface area contributed by atoms with Crippen molar-refractivity contribution in [1.82, 2.24) is 24.9 Å². The molecule has 0 bridgehead atoms. The van der Waals surface area contributed by atoms with Crippen LogP contribution in [0.25, 0.3) is 5.82 Å². The minimum absolute atomic E-state index is 0.226. The third kappa shape index (κ3) is 4.95. The molecule has 0 spiro atoms. The van der Waals surface area contributed by atoms with Gasteiger partial charge >= 0.3 is 0 Å². The maximum Gasteiger partial charge on any atom is 0.266 e. The van der Waals surface area contributed by atoms with Crippen molar-refractivity contribution in [2.24, 2.45) is 0 Å². The Balaban J connectivity index is 1.55. The van der Waals surface area contributed by atoms with Crippen LogP contribution in [0.15, 0.2) is 59.7 Å². The average molecular weight is 388 g/mol. The first-order valence-electron chi connectivity index (χ1n) is 8.31. The standard InChI is InChI=1S/C18H18ClN5O3/c1-13(27-15-5-2-4-14(19)12-15)18(26)20-9-11-24-17(25)7-6-16(22-24)23-10-3-8-21-23/h2-8,10,12-13H,9,11H2,1H3,(H,20,26). The molecule has 0 radical (unpaired) electrons. The maximum absolute atomic E-state index is 12.2. The highest BCUT2D eigenvalue weighted by molar-refractivity contribution is 6.30. The predicted octanol–water partition coefficient (Wildman–Crippen LogP) is 1.67. The van der Waals surface area contributed by atoms with Crippen LogP contribution in [0.1, 0.15) is 6.92 Å². The van der Waals surface area contributed by atoms with E-state index in [0.717, 1.165) is 0 Å². The van der Waals surface area contributed by atoms with E-state index >= 15 is 0 Å². The first-order chi connectivity index (χ1) is 13.0. The smallest absolute Gasteiger partial charge is 0.266 e. The van der Waals surface area contributed by atoms with E-state index in [0.29, 0.717) is 16.6 Å². The van der Waals surface area contributed by atoms with E-state index in [1.54, 1.807) is 60.4 Å². The summed E-state index contributed by atoms with van der Waals surface area (Å²) in [5, 5.41) is 11.6. The number of aromatic nitrogens is 4. The van der Waals surface area contributed by atoms with E-state index in [4.69, 9.17) is 16.3 Å². The van der Waals surface area contributed by atoms with Crippen LogP contribution in [-0.4, -0.2) is 38.1 Å². The summed E-state index contributed by atoms with van der Waals surface area (Å²) in [5.74, 6) is 0.727. The third-order valence-corrected chi connectivity index (χ3v) is 3.93. The van der Waals surface area contributed by atoms with Crippen LogP contribution in [0.2, 0.25) is 5.02 Å². The number of amides is 1. The third-order valence-electron chi connectivity index (χ3n) is 3.69. The summed E-state index contributed by atoms with van der Waals surface area (Å²) in [7, 11) is 0. The van der Waals surface area contributed by atoms with Crippen molar-refractivity contribution in [3.05, 3.63) is 70.2 Å². The van der Waals surface area contributed by atoms with E-state index in [-0.39, 0.29) is 24.6 Å². The highest BCUT2D eigenvalue weighted by atomic mass is 35.5. The molecule has 0 saturated heterocycles. The summed E-state index contributed by atoms with van der Waals surface area (Å²) >= 11 is 5.90. The molecule has 2 aromatic heterocycles. The van der Waals surface area contributed by atoms with Gasteiger partial charge in [0.2, 0.25) is 0 Å². The topological polar surface area (TPSA) is 91.0 Å². The van der Waals surface area contributed by atoms with Crippen LogP contribution >= 0.6 is 11.6 Å². The largest absolute Gasteiger partial charge is 0.481 e. The van der Waals surface area contributed by atoms with Crippen LogP contribution in [0, 0.1) is 0 Å². The molecule has 0 aliphatic carbocycles. The number of halogens is 1. The Bertz CT molecular complexity index is 971. The lowest BCUT2D eigenvalue weighted by Crippen LogP contribution is -2.39. The Morgan fingerprint density at radius 1 is 1.30 bits per heavy atom. The van der Waals surface area contributed by atoms with Gasteiger partial charge in [0.1, 0.15) is 5.75 Å². The molecule has 0 saturated carbocycles. The summed E-state index contributed by atoms with van der Waals surface area (Å²) in [6, 6.07) is 11.6. The van der Waals surface area contributed by atoms with E-state index in [9.17, 15) is 9.59 Å². The van der Waals surface area contributed by atoms with Crippen LogP contribution in [0.4, 0.5) is 0 Å². The lowest BCUT2D eigenvalue weighted by atomic mass is 10.3. The predicted molar refractivity (Wildman–Crippen MR) is 100 cm³/mol. The molecule has 8 nitrogen and oxygen atoms in total. The van der Waals surface area contributed by atoms with Crippen molar-refractivity contribution in [3.8, 4) is 11.6 Å². The molecule has 1 N–H and O–H groups in total. The van der Waals surface area contributed by atoms with Crippen molar-refractivity contribution in [3.63, 3.8) is 0 Å². The normalized spacial score (nSPS) is 11.8. The van der Waals surface area contributed by atoms with Gasteiger partial charge in [0.25, 0.3) is 11.5 Å². The molecule has 140 valence electrons. The van der Waals surface area contributed by atoms with Gasteiger partial charge in [-0.05, 0) is 37.3 Å². The summed E-state index contributed by atoms with van der Waals surface area (Å²) in [6.07, 6.45) is 2.65. The second-order valence-corrected chi connectivity index (χ2v) is 6.15. The zero-order chi connectivity index (χ0) is 19.2. The molecule has 9 heteroatoms. The van der Waals surface area contributed by atoms with Gasteiger partial charge in [0, 0.05) is 30.0 Å². The molecule has 1 unspecified atom stereocenters. The average Bonchev–Trinajstić information content (AvgIpc) is 3.18. The van der Waals surface area contributed by atoms with Crippen molar-refractivity contribution in [2.45, 2.75) is 19.6 Å². The molecule has 1 aromatic carbocycles. The van der Waals surface area contributed by atoms with E-state index < -0.39 is 6.10 Å². The highest BCUT2D eigenvalue weighted by Crippen LogP contribution is 2.18. The Morgan fingerprint density at radius 2 is 2.15 bits per heavy atom. The number of carbonyl (C=O) groups is 1. The van der Waals surface area contributed by atoms with Crippen LogP contribution in [0.5, 0.6) is 5.75 Å². The lowest BCUT2D eigenvalue weighted by molar-refractivity contribution is -0.127. The van der Waals surface area contributed by atoms with Crippen LogP contribution in [-0.2, 0) is 11.3 Å². The zero-order valence-corrected chi connectivity index (χ0v) is 15.3. The van der Waals surface area contributed by atoms with Gasteiger partial charge in [0.15, 0.2) is 11.9 Å². The second kappa shape index (κ2) is 8.50. The summed E-state index contributed by atoms with van der Waals surface area (Å²) in [6.45, 7) is 2.10. The fourth-order valence-corrected chi connectivity index (χ4v) is 2.53. The molecule has 1 amide bonds. The van der Waals surface area contributed by atoms with Gasteiger partial charge in [-0.2, -0.15) is 5.10 Å². The summed E-state index contributed by atoms with van der Waals surface area (Å²) in [5.41, 5.74) is -0.261. The van der Waals surface area contributed by atoms with E-state index in [1.807, 2.05) is 0 Å². The van der Waals surface area contributed by atoms with Gasteiger partial charge in [-0.1, -0.05) is 17.7 Å². The number of carbonyl (C=O) groups excluding carboxylic acids is 1. The monoisotopic (exact) mass is 387 g/mol. The number of benzene rings is 1. The van der Waals surface area contributed by atoms with Gasteiger partial charge < -0.3 is 10.1 Å². The van der Waals surface area contributed by atoms with Crippen molar-refractivity contribution in [1.29, 1.82) is 0 Å². The maximum atomic E-state index is 12.2. The van der Waals surface area contributed by atoms with Crippen molar-refractivity contribution >= 4 is 17.5 Å². The molecular weight excluding hydrogens is 370 g/mol. The van der Waals surface area contributed by atoms with Gasteiger partial charge in [-0.15, -0.1) is 5.10 Å². The molecule has 2 heterocycles. The van der Waals surface area contributed by atoms with E-state index in [1.165, 1.54) is 10.7 Å². The minimum Gasteiger partial charge on any atom is -0.481 e. The van der Waals surface area contributed by atoms with Crippen molar-refractivity contribution < 1.29 is 9.53 Å². The molecule has 3 aromatic rings. The number of nitrogens with zero attached hydrogens (tertiary/aromatic N) is 4. The first-order valence-corrected chi connectivity index (χ1v) is 8.69. The minimum atomic E-state index is -0.705. The quantitative estimate of drug-likeness (QED) is 0.665. The first kappa shape index (κ1) is 18.7. The summed E-state index contributed by atoms with van der Waals surface area (Å²) < 4.78 is 8.39. The Labute approximate surface area is 160 Å². The number of rotatable bonds is 7. The molecule has 27 heavy (non-hydrogen) atoms. The van der Waals surface area contributed by atoms with Crippen LogP contribution < -0.4 is 15.6 Å². The van der Waals surface area contributed by atoms with Crippen molar-refractivity contribution in [2.75, 3.05) is 6.54 Å². The molecule has 0 aliphatic heterocycles.